The first-order valence-electron chi connectivity index (χ1n) is 7.71. The molecule has 3 nitrogen and oxygen atoms in total. The normalized spacial score (nSPS) is 14.7. The molecule has 1 aliphatic rings. The number of fused-ring (bicyclic) bond motifs is 1. The molecule has 2 rings (SSSR count). The van der Waals surface area contributed by atoms with Crippen LogP contribution in [0.5, 0.6) is 5.75 Å². The van der Waals surface area contributed by atoms with Gasteiger partial charge in [-0.2, -0.15) is 0 Å². The van der Waals surface area contributed by atoms with Gasteiger partial charge < -0.3 is 4.74 Å². The van der Waals surface area contributed by atoms with Crippen LogP contribution in [0, 0.1) is 0 Å². The highest BCUT2D eigenvalue weighted by atomic mass is 35.7. The molecule has 0 saturated carbocycles. The van der Waals surface area contributed by atoms with Gasteiger partial charge in [-0.05, 0) is 61.8 Å². The second kappa shape index (κ2) is 8.04. The fourth-order valence-electron chi connectivity index (χ4n) is 2.72. The van der Waals surface area contributed by atoms with Gasteiger partial charge in [-0.25, -0.2) is 8.42 Å². The van der Waals surface area contributed by atoms with Crippen LogP contribution in [-0.2, 0) is 21.9 Å². The second-order valence-corrected chi connectivity index (χ2v) is 8.54. The summed E-state index contributed by atoms with van der Waals surface area (Å²) in [7, 11) is 1.83. The molecule has 0 saturated heterocycles. The molecule has 21 heavy (non-hydrogen) atoms. The summed E-state index contributed by atoms with van der Waals surface area (Å²) >= 11 is 0. The maximum absolute atomic E-state index is 10.8. The van der Waals surface area contributed by atoms with Crippen molar-refractivity contribution >= 4 is 19.7 Å². The van der Waals surface area contributed by atoms with Crippen molar-refractivity contribution in [2.24, 2.45) is 0 Å². The Balaban J connectivity index is 1.63. The van der Waals surface area contributed by atoms with Crippen LogP contribution in [0.25, 0.3) is 0 Å². The van der Waals surface area contributed by atoms with Crippen LogP contribution in [0.15, 0.2) is 18.2 Å². The maximum atomic E-state index is 10.8. The van der Waals surface area contributed by atoms with E-state index in [1.54, 1.807) is 0 Å². The zero-order valence-electron chi connectivity index (χ0n) is 12.3. The molecule has 0 unspecified atom stereocenters. The zero-order valence-corrected chi connectivity index (χ0v) is 13.9. The molecule has 1 aromatic carbocycles. The lowest BCUT2D eigenvalue weighted by atomic mass is 9.92. The molecule has 0 heterocycles. The first kappa shape index (κ1) is 16.6. The average molecular weight is 331 g/mol. The van der Waals surface area contributed by atoms with Gasteiger partial charge in [-0.15, -0.1) is 0 Å². The first-order chi connectivity index (χ1) is 10.0. The van der Waals surface area contributed by atoms with Crippen molar-refractivity contribution in [3.05, 3.63) is 29.3 Å². The molecular formula is C16H23ClO3S. The number of hydrogen-bond donors (Lipinski definition) is 0. The van der Waals surface area contributed by atoms with Gasteiger partial charge in [0, 0.05) is 10.7 Å². The van der Waals surface area contributed by atoms with E-state index < -0.39 is 9.05 Å². The average Bonchev–Trinajstić information content (AvgIpc) is 2.45. The third-order valence-electron chi connectivity index (χ3n) is 3.87. The van der Waals surface area contributed by atoms with E-state index >= 15 is 0 Å². The summed E-state index contributed by atoms with van der Waals surface area (Å²) in [5, 5.41) is 0. The lowest BCUT2D eigenvalue weighted by Gasteiger charge is -2.16. The van der Waals surface area contributed by atoms with Crippen LogP contribution in [-0.4, -0.2) is 20.8 Å². The number of ether oxygens (including phenoxy) is 1. The SMILES string of the molecule is O=S(=O)(Cl)CCCCCCOc1ccc2c(c1)CCCC2. The monoisotopic (exact) mass is 330 g/mol. The molecule has 0 atom stereocenters. The Morgan fingerprint density at radius 3 is 2.48 bits per heavy atom. The minimum absolute atomic E-state index is 0.0697. The molecule has 0 amide bonds. The van der Waals surface area contributed by atoms with Gasteiger partial charge in [0.2, 0.25) is 9.05 Å². The topological polar surface area (TPSA) is 43.4 Å². The predicted octanol–water partition coefficient (Wildman–Crippen LogP) is 4.07. The van der Waals surface area contributed by atoms with Gasteiger partial charge >= 0.3 is 0 Å². The van der Waals surface area contributed by atoms with Crippen LogP contribution in [0.2, 0.25) is 0 Å². The van der Waals surface area contributed by atoms with Gasteiger partial charge in [0.25, 0.3) is 0 Å². The van der Waals surface area contributed by atoms with Crippen molar-refractivity contribution in [1.82, 2.24) is 0 Å². The smallest absolute Gasteiger partial charge is 0.232 e. The third-order valence-corrected chi connectivity index (χ3v) is 5.11. The van der Waals surface area contributed by atoms with Gasteiger partial charge in [0.1, 0.15) is 5.75 Å². The molecule has 118 valence electrons. The molecular weight excluding hydrogens is 308 g/mol. The summed E-state index contributed by atoms with van der Waals surface area (Å²) in [4.78, 5) is 0. The van der Waals surface area contributed by atoms with E-state index in [1.165, 1.54) is 36.8 Å². The van der Waals surface area contributed by atoms with E-state index in [0.717, 1.165) is 25.0 Å². The van der Waals surface area contributed by atoms with Crippen LogP contribution < -0.4 is 4.74 Å². The van der Waals surface area contributed by atoms with Crippen LogP contribution in [0.3, 0.4) is 0 Å². The predicted molar refractivity (Wildman–Crippen MR) is 86.7 cm³/mol. The fraction of sp³-hybridized carbons (Fsp3) is 0.625. The Kier molecular flexibility index (Phi) is 6.37. The summed E-state index contributed by atoms with van der Waals surface area (Å²) in [6.45, 7) is 0.687. The van der Waals surface area contributed by atoms with Crippen LogP contribution in [0.1, 0.15) is 49.7 Å². The Hall–Kier alpha value is -0.740. The summed E-state index contributed by atoms with van der Waals surface area (Å²) in [6, 6.07) is 6.42. The summed E-state index contributed by atoms with van der Waals surface area (Å²) < 4.78 is 27.3. The molecule has 0 aromatic heterocycles. The van der Waals surface area contributed by atoms with Crippen molar-refractivity contribution < 1.29 is 13.2 Å². The summed E-state index contributed by atoms with van der Waals surface area (Å²) in [6.07, 6.45) is 8.35. The van der Waals surface area contributed by atoms with Crippen molar-refractivity contribution in [3.8, 4) is 5.75 Å². The van der Waals surface area contributed by atoms with E-state index in [2.05, 4.69) is 18.2 Å². The Labute approximate surface area is 132 Å². The second-order valence-electron chi connectivity index (χ2n) is 5.64. The Bertz CT molecular complexity index is 555. The number of unbranched alkanes of at least 4 members (excludes halogenated alkanes) is 3. The van der Waals surface area contributed by atoms with Crippen LogP contribution >= 0.6 is 10.7 Å². The quantitative estimate of drug-likeness (QED) is 0.533. The van der Waals surface area contributed by atoms with Crippen LogP contribution in [0.4, 0.5) is 0 Å². The molecule has 0 aliphatic heterocycles. The maximum Gasteiger partial charge on any atom is 0.232 e. The van der Waals surface area contributed by atoms with Crippen molar-refractivity contribution in [3.63, 3.8) is 0 Å². The van der Waals surface area contributed by atoms with Crippen molar-refractivity contribution in [2.75, 3.05) is 12.4 Å². The molecule has 0 fully saturated rings. The van der Waals surface area contributed by atoms with Crippen molar-refractivity contribution in [1.29, 1.82) is 0 Å². The Morgan fingerprint density at radius 2 is 1.71 bits per heavy atom. The summed E-state index contributed by atoms with van der Waals surface area (Å²) in [5.41, 5.74) is 2.90. The minimum Gasteiger partial charge on any atom is -0.494 e. The molecule has 0 spiro atoms. The number of hydrogen-bond acceptors (Lipinski definition) is 3. The standard InChI is InChI=1S/C16H23ClO3S/c17-21(18,19)12-6-2-1-5-11-20-16-10-9-14-7-3-4-8-15(14)13-16/h9-10,13H,1-8,11-12H2. The van der Waals surface area contributed by atoms with Gasteiger partial charge in [-0.3, -0.25) is 0 Å². The van der Waals surface area contributed by atoms with Gasteiger partial charge in [-0.1, -0.05) is 18.9 Å². The molecule has 0 bridgehead atoms. The largest absolute Gasteiger partial charge is 0.494 e. The van der Waals surface area contributed by atoms with E-state index in [9.17, 15) is 8.42 Å². The third kappa shape index (κ3) is 6.27. The lowest BCUT2D eigenvalue weighted by Crippen LogP contribution is -2.04. The molecule has 0 radical (unpaired) electrons. The number of halogens is 1. The lowest BCUT2D eigenvalue weighted by molar-refractivity contribution is 0.304. The Morgan fingerprint density at radius 1 is 1.00 bits per heavy atom. The highest BCUT2D eigenvalue weighted by Gasteiger charge is 2.09. The highest BCUT2D eigenvalue weighted by molar-refractivity contribution is 8.13. The van der Waals surface area contributed by atoms with E-state index in [4.69, 9.17) is 15.4 Å². The van der Waals surface area contributed by atoms with E-state index in [1.807, 2.05) is 0 Å². The van der Waals surface area contributed by atoms with Gasteiger partial charge in [0.15, 0.2) is 0 Å². The number of aryl methyl sites for hydroxylation is 2. The fourth-order valence-corrected chi connectivity index (χ4v) is 3.60. The summed E-state index contributed by atoms with van der Waals surface area (Å²) in [5.74, 6) is 1.03. The van der Waals surface area contributed by atoms with Crippen molar-refractivity contribution in [2.45, 2.75) is 51.4 Å². The van der Waals surface area contributed by atoms with E-state index in [0.29, 0.717) is 13.0 Å². The zero-order chi connectivity index (χ0) is 15.1. The molecule has 5 heteroatoms. The van der Waals surface area contributed by atoms with E-state index in [-0.39, 0.29) is 5.75 Å². The minimum atomic E-state index is -3.33. The molecule has 1 aromatic rings. The first-order valence-corrected chi connectivity index (χ1v) is 10.2. The molecule has 0 N–H and O–H groups in total. The molecule has 1 aliphatic carbocycles. The number of benzene rings is 1. The number of rotatable bonds is 8. The highest BCUT2D eigenvalue weighted by Crippen LogP contribution is 2.25. The van der Waals surface area contributed by atoms with Gasteiger partial charge in [0.05, 0.1) is 12.4 Å².